The first-order valence-corrected chi connectivity index (χ1v) is 5.70. The maximum Gasteiger partial charge on any atom is 0.430 e. The van der Waals surface area contributed by atoms with Crippen LogP contribution in [0.2, 0.25) is 0 Å². The topological polar surface area (TPSA) is 73.6 Å². The molecular weight excluding hydrogens is 267 g/mol. The smallest absolute Gasteiger partial charge is 0.395 e. The van der Waals surface area contributed by atoms with Crippen molar-refractivity contribution in [3.8, 4) is 12.1 Å². The van der Waals surface area contributed by atoms with Crippen LogP contribution in [0.5, 0.6) is 0 Å². The lowest BCUT2D eigenvalue weighted by atomic mass is 9.86. The van der Waals surface area contributed by atoms with E-state index in [0.717, 1.165) is 11.6 Å². The molecule has 104 valence electrons. The van der Waals surface area contributed by atoms with Gasteiger partial charge in [-0.1, -0.05) is 29.8 Å². The third kappa shape index (κ3) is 3.76. The highest BCUT2D eigenvalue weighted by molar-refractivity contribution is 5.33. The predicted molar refractivity (Wildman–Crippen MR) is 67.0 cm³/mol. The molecule has 1 atom stereocenters. The molecule has 0 bridgehead atoms. The highest BCUT2D eigenvalue weighted by atomic mass is 19.4. The van der Waals surface area contributed by atoms with E-state index in [0.29, 0.717) is 5.56 Å². The standard InChI is InChI=1S/C14H12F3N3/c1-9-2-4-10(5-3-9)12(11(7-18)8-19)6-13(20)14(15,16)17/h2-6,11-12H,20H2,1H3/b13-6-. The van der Waals surface area contributed by atoms with Crippen molar-refractivity contribution in [3.63, 3.8) is 0 Å². The van der Waals surface area contributed by atoms with Crippen molar-refractivity contribution >= 4 is 0 Å². The van der Waals surface area contributed by atoms with Crippen molar-refractivity contribution in [3.05, 3.63) is 47.2 Å². The average Bonchev–Trinajstić information content (AvgIpc) is 2.38. The lowest BCUT2D eigenvalue weighted by molar-refractivity contribution is -0.0930. The zero-order chi connectivity index (χ0) is 15.3. The third-order valence-corrected chi connectivity index (χ3v) is 2.79. The SMILES string of the molecule is Cc1ccc(C(/C=C(\N)C(F)(F)F)C(C#N)C#N)cc1. The minimum absolute atomic E-state index is 0.441. The van der Waals surface area contributed by atoms with E-state index in [-0.39, 0.29) is 0 Å². The van der Waals surface area contributed by atoms with Gasteiger partial charge in [-0.05, 0) is 18.6 Å². The maximum atomic E-state index is 12.5. The molecule has 0 fully saturated rings. The summed E-state index contributed by atoms with van der Waals surface area (Å²) in [6.07, 6.45) is -3.96. The molecule has 0 saturated carbocycles. The van der Waals surface area contributed by atoms with Crippen molar-refractivity contribution < 1.29 is 13.2 Å². The Balaban J connectivity index is 3.27. The summed E-state index contributed by atoms with van der Waals surface area (Å²) in [5.41, 5.74) is 5.04. The maximum absolute atomic E-state index is 12.5. The lowest BCUT2D eigenvalue weighted by Gasteiger charge is -2.16. The minimum atomic E-state index is -4.68. The molecule has 2 N–H and O–H groups in total. The monoisotopic (exact) mass is 279 g/mol. The van der Waals surface area contributed by atoms with Gasteiger partial charge in [0.25, 0.3) is 0 Å². The van der Waals surface area contributed by atoms with Gasteiger partial charge < -0.3 is 5.73 Å². The van der Waals surface area contributed by atoms with E-state index < -0.39 is 23.7 Å². The molecule has 0 aliphatic heterocycles. The molecule has 0 aromatic heterocycles. The van der Waals surface area contributed by atoms with Crippen LogP contribution in [0.25, 0.3) is 0 Å². The van der Waals surface area contributed by atoms with Crippen molar-refractivity contribution in [2.75, 3.05) is 0 Å². The zero-order valence-electron chi connectivity index (χ0n) is 10.6. The van der Waals surface area contributed by atoms with Crippen molar-refractivity contribution in [2.24, 2.45) is 11.7 Å². The van der Waals surface area contributed by atoms with E-state index >= 15 is 0 Å². The Hall–Kier alpha value is -2.47. The van der Waals surface area contributed by atoms with Gasteiger partial charge >= 0.3 is 6.18 Å². The van der Waals surface area contributed by atoms with Crippen LogP contribution in [0.3, 0.4) is 0 Å². The zero-order valence-corrected chi connectivity index (χ0v) is 10.6. The predicted octanol–water partition coefficient (Wildman–Crippen LogP) is 3.15. The number of rotatable bonds is 3. The van der Waals surface area contributed by atoms with E-state index in [1.165, 1.54) is 0 Å². The van der Waals surface area contributed by atoms with Gasteiger partial charge in [0.1, 0.15) is 11.6 Å². The summed E-state index contributed by atoms with van der Waals surface area (Å²) in [6, 6.07) is 9.96. The third-order valence-electron chi connectivity index (χ3n) is 2.79. The number of nitrogens with zero attached hydrogens (tertiary/aromatic N) is 2. The molecule has 1 rings (SSSR count). The largest absolute Gasteiger partial charge is 0.430 e. The summed E-state index contributed by atoms with van der Waals surface area (Å²) in [4.78, 5) is 0. The fourth-order valence-electron chi connectivity index (χ4n) is 1.65. The lowest BCUT2D eigenvalue weighted by Crippen LogP contribution is -2.21. The van der Waals surface area contributed by atoms with Crippen LogP contribution in [-0.2, 0) is 0 Å². The molecule has 0 heterocycles. The van der Waals surface area contributed by atoms with Gasteiger partial charge in [0, 0.05) is 5.92 Å². The second kappa shape index (κ2) is 6.12. The van der Waals surface area contributed by atoms with E-state index in [1.54, 1.807) is 36.4 Å². The van der Waals surface area contributed by atoms with Crippen molar-refractivity contribution in [1.29, 1.82) is 10.5 Å². The van der Waals surface area contributed by atoms with E-state index in [4.69, 9.17) is 16.3 Å². The van der Waals surface area contributed by atoms with Gasteiger partial charge in [0.05, 0.1) is 12.1 Å². The number of aryl methyl sites for hydroxylation is 1. The number of nitriles is 2. The number of hydrogen-bond donors (Lipinski definition) is 1. The second-order valence-electron chi connectivity index (χ2n) is 4.29. The van der Waals surface area contributed by atoms with Gasteiger partial charge in [-0.15, -0.1) is 0 Å². The first kappa shape index (κ1) is 15.6. The Bertz CT molecular complexity index is 560. The number of allylic oxidation sites excluding steroid dienone is 2. The Kier molecular flexibility index (Phi) is 4.77. The molecule has 0 amide bonds. The van der Waals surface area contributed by atoms with Crippen LogP contribution in [0.1, 0.15) is 17.0 Å². The normalized spacial score (nSPS) is 13.7. The first-order chi connectivity index (χ1) is 9.29. The molecule has 20 heavy (non-hydrogen) atoms. The number of benzene rings is 1. The number of nitrogens with two attached hydrogens (primary N) is 1. The van der Waals surface area contributed by atoms with Crippen LogP contribution < -0.4 is 5.73 Å². The van der Waals surface area contributed by atoms with Crippen LogP contribution in [0.15, 0.2) is 36.0 Å². The minimum Gasteiger partial charge on any atom is -0.395 e. The van der Waals surface area contributed by atoms with Crippen LogP contribution in [0.4, 0.5) is 13.2 Å². The number of alkyl halides is 3. The van der Waals surface area contributed by atoms with Crippen LogP contribution in [0, 0.1) is 35.5 Å². The molecule has 0 aliphatic rings. The van der Waals surface area contributed by atoms with Gasteiger partial charge in [0.15, 0.2) is 0 Å². The molecule has 3 nitrogen and oxygen atoms in total. The van der Waals surface area contributed by atoms with Crippen LogP contribution in [-0.4, -0.2) is 6.18 Å². The molecule has 0 saturated heterocycles. The quantitative estimate of drug-likeness (QED) is 0.923. The number of hydrogen-bond acceptors (Lipinski definition) is 3. The summed E-state index contributed by atoms with van der Waals surface area (Å²) in [6.45, 7) is 1.82. The fraction of sp³-hybridized carbons (Fsp3) is 0.286. The summed E-state index contributed by atoms with van der Waals surface area (Å²) in [5, 5.41) is 17.8. The molecular formula is C14H12F3N3. The Morgan fingerprint density at radius 3 is 2.10 bits per heavy atom. The highest BCUT2D eigenvalue weighted by Crippen LogP contribution is 2.30. The summed E-state index contributed by atoms with van der Waals surface area (Å²) in [5.74, 6) is -2.26. The molecule has 1 aromatic rings. The van der Waals surface area contributed by atoms with E-state index in [9.17, 15) is 13.2 Å². The van der Waals surface area contributed by atoms with Crippen LogP contribution >= 0.6 is 0 Å². The van der Waals surface area contributed by atoms with E-state index in [1.807, 2.05) is 6.92 Å². The molecule has 1 aromatic carbocycles. The molecule has 0 spiro atoms. The fourth-order valence-corrected chi connectivity index (χ4v) is 1.65. The summed E-state index contributed by atoms with van der Waals surface area (Å²) >= 11 is 0. The first-order valence-electron chi connectivity index (χ1n) is 5.70. The molecule has 0 aliphatic carbocycles. The highest BCUT2D eigenvalue weighted by Gasteiger charge is 2.33. The molecule has 6 heteroatoms. The average molecular weight is 279 g/mol. The van der Waals surface area contributed by atoms with Gasteiger partial charge in [-0.2, -0.15) is 23.7 Å². The molecule has 0 radical (unpaired) electrons. The Labute approximate surface area is 114 Å². The van der Waals surface area contributed by atoms with Crippen molar-refractivity contribution in [2.45, 2.75) is 19.0 Å². The second-order valence-corrected chi connectivity index (χ2v) is 4.29. The summed E-state index contributed by atoms with van der Waals surface area (Å²) in [7, 11) is 0. The van der Waals surface area contributed by atoms with Crippen molar-refractivity contribution in [1.82, 2.24) is 0 Å². The molecule has 1 unspecified atom stereocenters. The summed E-state index contributed by atoms with van der Waals surface area (Å²) < 4.78 is 37.5. The van der Waals surface area contributed by atoms with E-state index in [2.05, 4.69) is 0 Å². The number of halogens is 3. The Morgan fingerprint density at radius 2 is 1.70 bits per heavy atom. The van der Waals surface area contributed by atoms with Gasteiger partial charge in [-0.3, -0.25) is 0 Å². The van der Waals surface area contributed by atoms with Gasteiger partial charge in [-0.25, -0.2) is 0 Å². The van der Waals surface area contributed by atoms with Gasteiger partial charge in [0.2, 0.25) is 0 Å². The Morgan fingerprint density at radius 1 is 1.20 bits per heavy atom.